The molecule has 0 aromatic carbocycles. The Bertz CT molecular complexity index is 465. The highest BCUT2D eigenvalue weighted by Gasteiger charge is 2.00. The summed E-state index contributed by atoms with van der Waals surface area (Å²) >= 11 is 0. The Labute approximate surface area is 209 Å². The minimum absolute atomic E-state index is 0. The number of nitrogens with one attached hydrogen (secondary N) is 2. The maximum atomic E-state index is 10.3. The number of carbonyl (C=O) groups is 2. The van der Waals surface area contributed by atoms with E-state index in [1.54, 1.807) is 21.1 Å². The summed E-state index contributed by atoms with van der Waals surface area (Å²) in [6.45, 7) is 9.40. The maximum absolute atomic E-state index is 10.3. The SMILES string of the molecule is C.C.CC(=O)N(C)C.CCN(C)C.CCNC.CN(C)C.CN(C)S(C)(=O)=O.CNC(C)=O. The molecule has 0 rings (SSSR count). The minimum Gasteiger partial charge on any atom is -0.359 e. The Balaban J connectivity index is -0.0000000379. The first-order chi connectivity index (χ1) is 13.8. The van der Waals surface area contributed by atoms with Gasteiger partial charge in [-0.2, -0.15) is 0 Å². The van der Waals surface area contributed by atoms with E-state index in [9.17, 15) is 18.0 Å². The smallest absolute Gasteiger partial charge is 0.218 e. The van der Waals surface area contributed by atoms with Crippen molar-refractivity contribution in [1.29, 1.82) is 0 Å². The number of carbonyl (C=O) groups excluding carboxylic acids is 2. The first kappa shape index (κ1) is 53.2. The highest BCUT2D eigenvalue weighted by Crippen LogP contribution is 1.83. The Hall–Kier alpha value is -1.27. The molecule has 33 heavy (non-hydrogen) atoms. The van der Waals surface area contributed by atoms with Crippen LogP contribution in [0.15, 0.2) is 0 Å². The third kappa shape index (κ3) is 135. The summed E-state index contributed by atoms with van der Waals surface area (Å²) in [4.78, 5) is 25.4. The summed E-state index contributed by atoms with van der Waals surface area (Å²) in [5, 5.41) is 5.32. The van der Waals surface area contributed by atoms with Crippen molar-refractivity contribution < 1.29 is 18.0 Å². The van der Waals surface area contributed by atoms with Crippen molar-refractivity contribution in [3.63, 3.8) is 0 Å². The van der Waals surface area contributed by atoms with Crippen LogP contribution in [-0.2, 0) is 19.6 Å². The van der Waals surface area contributed by atoms with Crippen LogP contribution in [0.2, 0.25) is 0 Å². The van der Waals surface area contributed by atoms with E-state index >= 15 is 0 Å². The standard InChI is InChI=1S/C4H9NO.C4H11N.C3H9NO2S.C3H7NO.2C3H9N.2CH4/c1-4(6)5(2)3;1-4-5(2)3;1-4(2)7(3,5)6;1-3(5)4-2;1-4(2)3;1-3-4-2;;/h1-3H3;4H2,1-3H3;1-3H3;1-2H3,(H,4,5);1-3H3;4H,3H2,1-2H3;2*1H4. The zero-order valence-electron chi connectivity index (χ0n) is 23.2. The summed E-state index contributed by atoms with van der Waals surface area (Å²) in [6, 6.07) is 0. The van der Waals surface area contributed by atoms with Crippen LogP contribution in [0.4, 0.5) is 0 Å². The molecule has 0 fully saturated rings. The monoisotopic (exact) mass is 506 g/mol. The van der Waals surface area contributed by atoms with Gasteiger partial charge in [-0.25, -0.2) is 12.7 Å². The fraction of sp³-hybridized carbons (Fsp3) is 0.909. The normalized spacial score (nSPS) is 8.58. The molecule has 10 nitrogen and oxygen atoms in total. The van der Waals surface area contributed by atoms with Crippen molar-refractivity contribution in [3.8, 4) is 0 Å². The second-order valence-corrected chi connectivity index (χ2v) is 9.41. The summed E-state index contributed by atoms with van der Waals surface area (Å²) < 4.78 is 21.7. The number of rotatable bonds is 3. The molecule has 0 atom stereocenters. The van der Waals surface area contributed by atoms with E-state index in [-0.39, 0.29) is 26.7 Å². The second-order valence-electron chi connectivity index (χ2n) is 7.21. The van der Waals surface area contributed by atoms with Crippen LogP contribution in [-0.4, -0.2) is 136 Å². The average molecular weight is 507 g/mol. The van der Waals surface area contributed by atoms with Gasteiger partial charge >= 0.3 is 0 Å². The van der Waals surface area contributed by atoms with Crippen LogP contribution in [0.1, 0.15) is 42.5 Å². The lowest BCUT2D eigenvalue weighted by atomic mass is 10.7. The molecule has 2 N–H and O–H groups in total. The van der Waals surface area contributed by atoms with Crippen molar-refractivity contribution in [1.82, 2.24) is 29.6 Å². The highest BCUT2D eigenvalue weighted by atomic mass is 32.2. The molecular weight excluding hydrogens is 444 g/mol. The van der Waals surface area contributed by atoms with E-state index in [0.29, 0.717) is 0 Å². The molecule has 0 aromatic heterocycles. The van der Waals surface area contributed by atoms with Crippen LogP contribution in [0.25, 0.3) is 0 Å². The topological polar surface area (TPSA) is 105 Å². The molecule has 0 aliphatic heterocycles. The molecule has 0 aliphatic rings. The molecule has 2 amide bonds. The first-order valence-electron chi connectivity index (χ1n) is 9.91. The molecule has 0 aromatic rings. The molecule has 0 aliphatic carbocycles. The van der Waals surface area contributed by atoms with Crippen LogP contribution in [0.5, 0.6) is 0 Å². The molecule has 0 spiro atoms. The Morgan fingerprint density at radius 1 is 0.788 bits per heavy atom. The highest BCUT2D eigenvalue weighted by molar-refractivity contribution is 7.88. The Kier molecular flexibility index (Phi) is 61.3. The quantitative estimate of drug-likeness (QED) is 0.599. The van der Waals surface area contributed by atoms with Crippen LogP contribution >= 0.6 is 0 Å². The zero-order chi connectivity index (χ0) is 26.8. The van der Waals surface area contributed by atoms with E-state index in [1.165, 1.54) is 32.8 Å². The lowest BCUT2D eigenvalue weighted by molar-refractivity contribution is -0.126. The van der Waals surface area contributed by atoms with Crippen molar-refractivity contribution in [2.75, 3.05) is 96.9 Å². The molecule has 0 unspecified atom stereocenters. The van der Waals surface area contributed by atoms with Gasteiger partial charge in [0.25, 0.3) is 0 Å². The Morgan fingerprint density at radius 2 is 0.939 bits per heavy atom. The first-order valence-corrected chi connectivity index (χ1v) is 11.8. The summed E-state index contributed by atoms with van der Waals surface area (Å²) in [6.07, 6.45) is 1.16. The fourth-order valence-electron chi connectivity index (χ4n) is 0. The van der Waals surface area contributed by atoms with Gasteiger partial charge in [-0.3, -0.25) is 9.59 Å². The summed E-state index contributed by atoms with van der Waals surface area (Å²) in [5.74, 6) is 0.0972. The van der Waals surface area contributed by atoms with Crippen molar-refractivity contribution >= 4 is 21.8 Å². The van der Waals surface area contributed by atoms with Crippen molar-refractivity contribution in [2.24, 2.45) is 0 Å². The lowest BCUT2D eigenvalue weighted by Gasteiger charge is -2.02. The van der Waals surface area contributed by atoms with Gasteiger partial charge in [0.2, 0.25) is 21.8 Å². The van der Waals surface area contributed by atoms with Gasteiger partial charge in [0.15, 0.2) is 0 Å². The molecule has 11 heteroatoms. The van der Waals surface area contributed by atoms with E-state index in [4.69, 9.17) is 0 Å². The second kappa shape index (κ2) is 38.0. The van der Waals surface area contributed by atoms with Gasteiger partial charge in [-0.05, 0) is 55.4 Å². The van der Waals surface area contributed by atoms with Gasteiger partial charge in [0, 0.05) is 49.1 Å². The van der Waals surface area contributed by atoms with Gasteiger partial charge in [-0.1, -0.05) is 28.7 Å². The molecular formula is C22H62N6O4S. The van der Waals surface area contributed by atoms with Crippen molar-refractivity contribution in [3.05, 3.63) is 0 Å². The third-order valence-corrected chi connectivity index (χ3v) is 3.96. The van der Waals surface area contributed by atoms with Crippen LogP contribution < -0.4 is 10.6 Å². The van der Waals surface area contributed by atoms with E-state index in [2.05, 4.69) is 43.5 Å². The van der Waals surface area contributed by atoms with Crippen molar-refractivity contribution in [2.45, 2.75) is 42.5 Å². The van der Waals surface area contributed by atoms with Gasteiger partial charge in [0.1, 0.15) is 0 Å². The predicted octanol–water partition coefficient (Wildman–Crippen LogP) is 1.60. The number of sulfonamides is 1. The third-order valence-electron chi connectivity index (χ3n) is 2.63. The van der Waals surface area contributed by atoms with Gasteiger partial charge < -0.3 is 25.3 Å². The van der Waals surface area contributed by atoms with E-state index in [0.717, 1.165) is 23.7 Å². The van der Waals surface area contributed by atoms with Gasteiger partial charge in [0.05, 0.1) is 6.26 Å². The molecule has 0 saturated heterocycles. The molecule has 0 radical (unpaired) electrons. The number of hydrogen-bond donors (Lipinski definition) is 2. The molecule has 210 valence electrons. The van der Waals surface area contributed by atoms with Crippen LogP contribution in [0, 0.1) is 0 Å². The van der Waals surface area contributed by atoms with E-state index in [1.807, 2.05) is 33.1 Å². The van der Waals surface area contributed by atoms with E-state index < -0.39 is 10.0 Å². The largest absolute Gasteiger partial charge is 0.359 e. The number of hydrogen-bond acceptors (Lipinski definition) is 7. The predicted molar refractivity (Wildman–Crippen MR) is 150 cm³/mol. The molecule has 0 bridgehead atoms. The lowest BCUT2D eigenvalue weighted by Crippen LogP contribution is -2.19. The Morgan fingerprint density at radius 3 is 0.939 bits per heavy atom. The zero-order valence-corrected chi connectivity index (χ0v) is 24.1. The summed E-state index contributed by atoms with van der Waals surface area (Å²) in [5.41, 5.74) is 0. The number of nitrogens with zero attached hydrogens (tertiary/aromatic N) is 4. The molecule has 0 heterocycles. The average Bonchev–Trinajstić information content (AvgIpc) is 2.61. The van der Waals surface area contributed by atoms with Crippen LogP contribution in [0.3, 0.4) is 0 Å². The van der Waals surface area contributed by atoms with Gasteiger partial charge in [-0.15, -0.1) is 0 Å². The maximum Gasteiger partial charge on any atom is 0.218 e. The minimum atomic E-state index is -2.91. The fourth-order valence-corrected chi connectivity index (χ4v) is 0. The number of amides is 2. The molecule has 0 saturated carbocycles. The summed E-state index contributed by atoms with van der Waals surface area (Å²) in [7, 11) is 17.2.